The topological polar surface area (TPSA) is 88.8 Å². The molecule has 0 atom stereocenters. The van der Waals surface area contributed by atoms with Gasteiger partial charge in [-0.25, -0.2) is 9.97 Å². The number of carbonyl (C=O) groups excluding carboxylic acids is 2. The highest BCUT2D eigenvalue weighted by molar-refractivity contribution is 5.95. The SMILES string of the molecule is CCOc1cc(C(=O)N2CCC(c3ccc(C(=O)NCc4ccn5ccnc5c4)cc3)CC2)ccn1. The van der Waals surface area contributed by atoms with Gasteiger partial charge in [-0.2, -0.15) is 0 Å². The van der Waals surface area contributed by atoms with Crippen LogP contribution in [0, 0.1) is 0 Å². The normalized spacial score (nSPS) is 14.1. The van der Waals surface area contributed by atoms with E-state index in [0.29, 0.717) is 49.2 Å². The average molecular weight is 484 g/mol. The van der Waals surface area contributed by atoms with Crippen LogP contribution in [-0.2, 0) is 6.54 Å². The second kappa shape index (κ2) is 10.6. The van der Waals surface area contributed by atoms with E-state index in [4.69, 9.17) is 4.74 Å². The lowest BCUT2D eigenvalue weighted by Gasteiger charge is -2.32. The molecule has 184 valence electrons. The molecule has 1 aliphatic rings. The molecule has 2 amide bonds. The Morgan fingerprint density at radius 2 is 1.78 bits per heavy atom. The number of piperidine rings is 1. The number of fused-ring (bicyclic) bond motifs is 1. The number of benzene rings is 1. The van der Waals surface area contributed by atoms with Crippen LogP contribution < -0.4 is 10.1 Å². The molecular weight excluding hydrogens is 454 g/mol. The second-order valence-corrected chi connectivity index (χ2v) is 8.91. The molecule has 0 radical (unpaired) electrons. The number of nitrogens with one attached hydrogen (secondary N) is 1. The van der Waals surface area contributed by atoms with Crippen LogP contribution in [0.25, 0.3) is 5.65 Å². The highest BCUT2D eigenvalue weighted by atomic mass is 16.5. The van der Waals surface area contributed by atoms with Crippen molar-refractivity contribution in [2.75, 3.05) is 19.7 Å². The summed E-state index contributed by atoms with van der Waals surface area (Å²) in [4.78, 5) is 35.9. The van der Waals surface area contributed by atoms with Crippen LogP contribution >= 0.6 is 0 Å². The first-order valence-corrected chi connectivity index (χ1v) is 12.3. The maximum Gasteiger partial charge on any atom is 0.254 e. The number of hydrogen-bond donors (Lipinski definition) is 1. The first kappa shape index (κ1) is 23.5. The van der Waals surface area contributed by atoms with Crippen molar-refractivity contribution in [1.29, 1.82) is 0 Å². The number of rotatable bonds is 7. The van der Waals surface area contributed by atoms with Crippen molar-refractivity contribution in [2.24, 2.45) is 0 Å². The van der Waals surface area contributed by atoms with Crippen molar-refractivity contribution >= 4 is 17.5 Å². The van der Waals surface area contributed by atoms with E-state index in [1.165, 1.54) is 5.56 Å². The molecule has 0 unspecified atom stereocenters. The average Bonchev–Trinajstić information content (AvgIpc) is 3.40. The van der Waals surface area contributed by atoms with Crippen LogP contribution in [0.15, 0.2) is 73.3 Å². The van der Waals surface area contributed by atoms with Gasteiger partial charge in [0.15, 0.2) is 0 Å². The van der Waals surface area contributed by atoms with E-state index in [9.17, 15) is 9.59 Å². The highest BCUT2D eigenvalue weighted by Crippen LogP contribution is 2.29. The van der Waals surface area contributed by atoms with Gasteiger partial charge < -0.3 is 19.4 Å². The summed E-state index contributed by atoms with van der Waals surface area (Å²) in [6.07, 6.45) is 8.96. The van der Waals surface area contributed by atoms with Crippen molar-refractivity contribution in [3.05, 3.63) is 95.6 Å². The fourth-order valence-electron chi connectivity index (χ4n) is 4.62. The standard InChI is InChI=1S/C28H29N5O3/c1-2-36-26-18-24(7-11-30-26)28(35)33-14-9-22(10-15-33)21-3-5-23(6-4-21)27(34)31-19-20-8-13-32-16-12-29-25(32)17-20/h3-8,11-13,16-18,22H,2,9-10,14-15,19H2,1H3,(H,31,34). The van der Waals surface area contributed by atoms with Gasteiger partial charge in [0.25, 0.3) is 11.8 Å². The van der Waals surface area contributed by atoms with Crippen LogP contribution in [0.4, 0.5) is 0 Å². The smallest absolute Gasteiger partial charge is 0.254 e. The quantitative estimate of drug-likeness (QED) is 0.428. The molecule has 0 bridgehead atoms. The Hall–Kier alpha value is -4.20. The fraction of sp³-hybridized carbons (Fsp3) is 0.286. The maximum atomic E-state index is 12.9. The van der Waals surface area contributed by atoms with E-state index in [1.54, 1.807) is 24.5 Å². The molecule has 36 heavy (non-hydrogen) atoms. The van der Waals surface area contributed by atoms with Gasteiger partial charge in [0.1, 0.15) is 5.65 Å². The molecule has 1 aromatic carbocycles. The second-order valence-electron chi connectivity index (χ2n) is 8.91. The molecule has 8 nitrogen and oxygen atoms in total. The van der Waals surface area contributed by atoms with Crippen LogP contribution in [0.2, 0.25) is 0 Å². The summed E-state index contributed by atoms with van der Waals surface area (Å²) in [5.41, 5.74) is 4.30. The predicted molar refractivity (Wildman–Crippen MR) is 136 cm³/mol. The number of amides is 2. The molecule has 5 rings (SSSR count). The minimum atomic E-state index is -0.103. The zero-order valence-electron chi connectivity index (χ0n) is 20.3. The number of ether oxygens (including phenoxy) is 1. The maximum absolute atomic E-state index is 12.9. The van der Waals surface area contributed by atoms with Gasteiger partial charge in [-0.3, -0.25) is 9.59 Å². The number of carbonyl (C=O) groups is 2. The van der Waals surface area contributed by atoms with E-state index in [1.807, 2.05) is 65.0 Å². The van der Waals surface area contributed by atoms with Crippen LogP contribution in [-0.4, -0.2) is 50.8 Å². The Labute approximate surface area is 209 Å². The molecule has 1 saturated heterocycles. The zero-order chi connectivity index (χ0) is 24.9. The summed E-state index contributed by atoms with van der Waals surface area (Å²) in [6.45, 7) is 4.24. The van der Waals surface area contributed by atoms with Crippen molar-refractivity contribution in [3.8, 4) is 5.88 Å². The van der Waals surface area contributed by atoms with E-state index >= 15 is 0 Å². The zero-order valence-corrected chi connectivity index (χ0v) is 20.3. The third-order valence-corrected chi connectivity index (χ3v) is 6.62. The summed E-state index contributed by atoms with van der Waals surface area (Å²) < 4.78 is 7.35. The largest absolute Gasteiger partial charge is 0.478 e. The summed E-state index contributed by atoms with van der Waals surface area (Å²) in [5, 5.41) is 2.98. The van der Waals surface area contributed by atoms with Gasteiger partial charge in [-0.15, -0.1) is 0 Å². The monoisotopic (exact) mass is 483 g/mol. The lowest BCUT2D eigenvalue weighted by Crippen LogP contribution is -2.38. The minimum Gasteiger partial charge on any atom is -0.478 e. The van der Waals surface area contributed by atoms with Gasteiger partial charge in [0.2, 0.25) is 5.88 Å². The molecule has 1 fully saturated rings. The molecule has 0 spiro atoms. The predicted octanol–water partition coefficient (Wildman–Crippen LogP) is 4.08. The summed E-state index contributed by atoms with van der Waals surface area (Å²) >= 11 is 0. The van der Waals surface area contributed by atoms with Gasteiger partial charge in [-0.1, -0.05) is 12.1 Å². The van der Waals surface area contributed by atoms with Crippen molar-refractivity contribution < 1.29 is 14.3 Å². The molecule has 8 heteroatoms. The summed E-state index contributed by atoms with van der Waals surface area (Å²) in [5.74, 6) is 0.745. The van der Waals surface area contributed by atoms with Gasteiger partial charge in [0.05, 0.1) is 6.61 Å². The molecule has 4 aromatic rings. The minimum absolute atomic E-state index is 0.00993. The van der Waals surface area contributed by atoms with Crippen molar-refractivity contribution in [1.82, 2.24) is 24.6 Å². The third kappa shape index (κ3) is 5.22. The van der Waals surface area contributed by atoms with E-state index in [2.05, 4.69) is 15.3 Å². The first-order chi connectivity index (χ1) is 17.6. The molecule has 3 aromatic heterocycles. The van der Waals surface area contributed by atoms with E-state index in [0.717, 1.165) is 24.1 Å². The fourth-order valence-corrected chi connectivity index (χ4v) is 4.62. The molecule has 1 aliphatic heterocycles. The van der Waals surface area contributed by atoms with E-state index in [-0.39, 0.29) is 11.8 Å². The van der Waals surface area contributed by atoms with E-state index < -0.39 is 0 Å². The number of hydrogen-bond acceptors (Lipinski definition) is 5. The molecule has 0 saturated carbocycles. The number of nitrogens with zero attached hydrogens (tertiary/aromatic N) is 4. The summed E-state index contributed by atoms with van der Waals surface area (Å²) in [6, 6.07) is 15.2. The van der Waals surface area contributed by atoms with Crippen LogP contribution in [0.1, 0.15) is 57.5 Å². The first-order valence-electron chi connectivity index (χ1n) is 12.3. The van der Waals surface area contributed by atoms with Crippen molar-refractivity contribution in [3.63, 3.8) is 0 Å². The van der Waals surface area contributed by atoms with Crippen LogP contribution in [0.5, 0.6) is 5.88 Å². The number of imidazole rings is 1. The number of likely N-dealkylation sites (tertiary alicyclic amines) is 1. The lowest BCUT2D eigenvalue weighted by molar-refractivity contribution is 0.0712. The van der Waals surface area contributed by atoms with Crippen LogP contribution in [0.3, 0.4) is 0 Å². The number of pyridine rings is 2. The third-order valence-electron chi connectivity index (χ3n) is 6.62. The Bertz CT molecular complexity index is 1360. The lowest BCUT2D eigenvalue weighted by atomic mass is 9.88. The molecular formula is C28H29N5O3. The Balaban J connectivity index is 1.14. The molecule has 0 aliphatic carbocycles. The highest BCUT2D eigenvalue weighted by Gasteiger charge is 2.25. The Kier molecular flexibility index (Phi) is 6.93. The Morgan fingerprint density at radius 1 is 0.972 bits per heavy atom. The Morgan fingerprint density at radius 3 is 2.56 bits per heavy atom. The molecule has 1 N–H and O–H groups in total. The summed E-state index contributed by atoms with van der Waals surface area (Å²) in [7, 11) is 0. The number of aromatic nitrogens is 3. The molecule has 4 heterocycles. The van der Waals surface area contributed by atoms with Gasteiger partial charge in [0, 0.05) is 61.6 Å². The van der Waals surface area contributed by atoms with Gasteiger partial charge >= 0.3 is 0 Å². The van der Waals surface area contributed by atoms with Gasteiger partial charge in [-0.05, 0) is 67.1 Å². The van der Waals surface area contributed by atoms with Crippen molar-refractivity contribution in [2.45, 2.75) is 32.2 Å².